The summed E-state index contributed by atoms with van der Waals surface area (Å²) in [6, 6.07) is 3.53. The number of hydrogen-bond donors (Lipinski definition) is 2. The zero-order valence-electron chi connectivity index (χ0n) is 12.2. The van der Waals surface area contributed by atoms with E-state index in [1.807, 2.05) is 20.8 Å². The van der Waals surface area contributed by atoms with Crippen LogP contribution in [0.4, 0.5) is 13.2 Å². The maximum absolute atomic E-state index is 12.2. The molecule has 0 aliphatic rings. The Bertz CT molecular complexity index is 459. The highest BCUT2D eigenvalue weighted by atomic mass is 35.5. The van der Waals surface area contributed by atoms with Gasteiger partial charge in [-0.15, -0.1) is 12.4 Å². The zero-order chi connectivity index (χ0) is 15.6. The number of alkyl halides is 3. The zero-order valence-corrected chi connectivity index (χ0v) is 13.0. The highest BCUT2D eigenvalue weighted by molar-refractivity contribution is 5.85. The molecule has 0 radical (unpaired) electrons. The van der Waals surface area contributed by atoms with Crippen LogP contribution in [0.1, 0.15) is 45.2 Å². The molecule has 0 amide bonds. The van der Waals surface area contributed by atoms with E-state index in [2.05, 4.69) is 0 Å². The van der Waals surface area contributed by atoms with E-state index in [1.54, 1.807) is 6.07 Å². The molecule has 0 unspecified atom stereocenters. The Labute approximate surface area is 128 Å². The van der Waals surface area contributed by atoms with Crippen LogP contribution in [0.3, 0.4) is 0 Å². The molecular weight excluding hydrogens is 307 g/mol. The Balaban J connectivity index is 0.00000400. The van der Waals surface area contributed by atoms with E-state index in [9.17, 15) is 18.3 Å². The van der Waals surface area contributed by atoms with E-state index in [1.165, 1.54) is 12.1 Å². The molecule has 122 valence electrons. The van der Waals surface area contributed by atoms with Crippen LogP contribution in [0.5, 0.6) is 11.5 Å². The average molecular weight is 328 g/mol. The van der Waals surface area contributed by atoms with Gasteiger partial charge >= 0.3 is 6.18 Å². The lowest BCUT2D eigenvalue weighted by Gasteiger charge is -2.23. The van der Waals surface area contributed by atoms with Crippen molar-refractivity contribution in [3.05, 3.63) is 23.8 Å². The fraction of sp³-hybridized carbons (Fsp3) is 0.571. The molecule has 0 heterocycles. The number of benzene rings is 1. The van der Waals surface area contributed by atoms with Crippen LogP contribution in [0.2, 0.25) is 0 Å². The van der Waals surface area contributed by atoms with Crippen molar-refractivity contribution in [2.75, 3.05) is 0 Å². The first-order valence-electron chi connectivity index (χ1n) is 6.32. The second-order valence-electron chi connectivity index (χ2n) is 5.70. The maximum Gasteiger partial charge on any atom is 0.389 e. The quantitative estimate of drug-likeness (QED) is 0.865. The molecule has 21 heavy (non-hydrogen) atoms. The number of aromatic hydroxyl groups is 1. The van der Waals surface area contributed by atoms with Crippen molar-refractivity contribution in [1.29, 1.82) is 0 Å². The lowest BCUT2D eigenvalue weighted by atomic mass is 10.0. The summed E-state index contributed by atoms with van der Waals surface area (Å²) in [6.45, 7) is 5.55. The summed E-state index contributed by atoms with van der Waals surface area (Å²) >= 11 is 0. The Morgan fingerprint density at radius 1 is 1.24 bits per heavy atom. The van der Waals surface area contributed by atoms with Gasteiger partial charge in [-0.1, -0.05) is 0 Å². The van der Waals surface area contributed by atoms with Gasteiger partial charge in [0.05, 0.1) is 0 Å². The Morgan fingerprint density at radius 2 is 1.81 bits per heavy atom. The predicted octanol–water partition coefficient (Wildman–Crippen LogP) is 4.33. The molecule has 0 aromatic heterocycles. The molecule has 0 bridgehead atoms. The Kier molecular flexibility index (Phi) is 6.83. The van der Waals surface area contributed by atoms with E-state index in [0.717, 1.165) is 0 Å². The third-order valence-electron chi connectivity index (χ3n) is 2.56. The van der Waals surface area contributed by atoms with E-state index in [-0.39, 0.29) is 30.1 Å². The first-order valence-corrected chi connectivity index (χ1v) is 6.32. The number of ether oxygens (including phenoxy) is 1. The van der Waals surface area contributed by atoms with E-state index >= 15 is 0 Å². The molecule has 1 aromatic rings. The third kappa shape index (κ3) is 7.43. The van der Waals surface area contributed by atoms with E-state index < -0.39 is 24.2 Å². The second-order valence-corrected chi connectivity index (χ2v) is 5.70. The second kappa shape index (κ2) is 7.22. The Hall–Kier alpha value is -1.14. The van der Waals surface area contributed by atoms with Gasteiger partial charge in [0.1, 0.15) is 17.1 Å². The van der Waals surface area contributed by atoms with Crippen LogP contribution in [0.15, 0.2) is 18.2 Å². The van der Waals surface area contributed by atoms with E-state index in [4.69, 9.17) is 10.5 Å². The fourth-order valence-corrected chi connectivity index (χ4v) is 1.72. The third-order valence-corrected chi connectivity index (χ3v) is 2.56. The van der Waals surface area contributed by atoms with Gasteiger partial charge < -0.3 is 15.6 Å². The van der Waals surface area contributed by atoms with Crippen molar-refractivity contribution >= 4 is 12.4 Å². The van der Waals surface area contributed by atoms with Crippen molar-refractivity contribution in [1.82, 2.24) is 0 Å². The number of rotatable bonds is 4. The van der Waals surface area contributed by atoms with Gasteiger partial charge in [0.2, 0.25) is 0 Å². The van der Waals surface area contributed by atoms with Crippen LogP contribution >= 0.6 is 12.4 Å². The van der Waals surface area contributed by atoms with Gasteiger partial charge in [-0.2, -0.15) is 13.2 Å². The van der Waals surface area contributed by atoms with E-state index in [0.29, 0.717) is 5.75 Å². The topological polar surface area (TPSA) is 55.5 Å². The smallest absolute Gasteiger partial charge is 0.389 e. The van der Waals surface area contributed by atoms with Crippen molar-refractivity contribution < 1.29 is 23.0 Å². The van der Waals surface area contributed by atoms with Gasteiger partial charge in [0.25, 0.3) is 0 Å². The lowest BCUT2D eigenvalue weighted by molar-refractivity contribution is -0.136. The van der Waals surface area contributed by atoms with Crippen molar-refractivity contribution in [3.63, 3.8) is 0 Å². The first kappa shape index (κ1) is 19.9. The van der Waals surface area contributed by atoms with Crippen LogP contribution in [0.25, 0.3) is 0 Å². The number of phenolic OH excluding ortho intramolecular Hbond substituents is 1. The number of halogens is 4. The molecule has 0 aliphatic heterocycles. The summed E-state index contributed by atoms with van der Waals surface area (Å²) in [4.78, 5) is 0. The molecule has 0 fully saturated rings. The minimum absolute atomic E-state index is 0. The van der Waals surface area contributed by atoms with Gasteiger partial charge in [-0.3, -0.25) is 0 Å². The standard InChI is InChI=1S/C14H20F3NO2.ClH/c1-13(2,3)20-9-4-5-12(19)10(8-9)11(18)6-7-14(15,16)17;/h4-5,8,11,19H,6-7,18H2,1-3H3;1H/t11-;/m1./s1. The summed E-state index contributed by atoms with van der Waals surface area (Å²) in [5, 5.41) is 9.72. The van der Waals surface area contributed by atoms with Crippen molar-refractivity contribution in [3.8, 4) is 11.5 Å². The minimum atomic E-state index is -4.26. The number of nitrogens with two attached hydrogens (primary N) is 1. The van der Waals surface area contributed by atoms with Crippen LogP contribution in [0, 0.1) is 0 Å². The SMILES string of the molecule is CC(C)(C)Oc1ccc(O)c([C@H](N)CCC(F)(F)F)c1.Cl. The Morgan fingerprint density at radius 3 is 2.29 bits per heavy atom. The molecule has 3 nitrogen and oxygen atoms in total. The first-order chi connectivity index (χ1) is 8.98. The van der Waals surface area contributed by atoms with Crippen molar-refractivity contribution in [2.24, 2.45) is 5.73 Å². The molecule has 1 aromatic carbocycles. The molecule has 1 atom stereocenters. The summed E-state index contributed by atoms with van der Waals surface area (Å²) in [6.07, 6.45) is -5.53. The van der Waals surface area contributed by atoms with Gasteiger partial charge in [-0.25, -0.2) is 0 Å². The van der Waals surface area contributed by atoms with Gasteiger partial charge in [0.15, 0.2) is 0 Å². The number of phenols is 1. The van der Waals surface area contributed by atoms with Crippen LogP contribution in [-0.4, -0.2) is 16.9 Å². The lowest BCUT2D eigenvalue weighted by Crippen LogP contribution is -2.23. The molecule has 0 saturated heterocycles. The molecule has 1 rings (SSSR count). The van der Waals surface area contributed by atoms with Gasteiger partial charge in [-0.05, 0) is 45.4 Å². The molecule has 0 aliphatic carbocycles. The highest BCUT2D eigenvalue weighted by Crippen LogP contribution is 2.33. The molecular formula is C14H21ClF3NO2. The monoisotopic (exact) mass is 327 g/mol. The average Bonchev–Trinajstić information content (AvgIpc) is 2.25. The summed E-state index contributed by atoms with van der Waals surface area (Å²) < 4.78 is 42.2. The maximum atomic E-state index is 12.2. The number of hydrogen-bond acceptors (Lipinski definition) is 3. The minimum Gasteiger partial charge on any atom is -0.508 e. The largest absolute Gasteiger partial charge is 0.508 e. The highest BCUT2D eigenvalue weighted by Gasteiger charge is 2.28. The summed E-state index contributed by atoms with van der Waals surface area (Å²) in [5.41, 5.74) is 5.54. The predicted molar refractivity (Wildman–Crippen MR) is 78.0 cm³/mol. The summed E-state index contributed by atoms with van der Waals surface area (Å²) in [5.74, 6) is 0.341. The van der Waals surface area contributed by atoms with Crippen LogP contribution in [-0.2, 0) is 0 Å². The summed E-state index contributed by atoms with van der Waals surface area (Å²) in [7, 11) is 0. The van der Waals surface area contributed by atoms with Gasteiger partial charge in [0, 0.05) is 18.0 Å². The normalized spacial score (nSPS) is 13.5. The molecule has 0 saturated carbocycles. The van der Waals surface area contributed by atoms with Crippen LogP contribution < -0.4 is 10.5 Å². The fourth-order valence-electron chi connectivity index (χ4n) is 1.72. The van der Waals surface area contributed by atoms with Crippen molar-refractivity contribution in [2.45, 2.75) is 51.4 Å². The molecule has 0 spiro atoms. The molecule has 7 heteroatoms. The molecule has 3 N–H and O–H groups in total.